The predicted octanol–water partition coefficient (Wildman–Crippen LogP) is 11.7. The van der Waals surface area contributed by atoms with Crippen molar-refractivity contribution < 1.29 is 28.6 Å². The van der Waals surface area contributed by atoms with Gasteiger partial charge in [0.05, 0.1) is 0 Å². The first-order chi connectivity index (χ1) is 22.0. The molecule has 0 unspecified atom stereocenters. The van der Waals surface area contributed by atoms with Crippen molar-refractivity contribution in [1.82, 2.24) is 0 Å². The van der Waals surface area contributed by atoms with Crippen LogP contribution in [0.25, 0.3) is 0 Å². The highest BCUT2D eigenvalue weighted by molar-refractivity contribution is 5.71. The minimum Gasteiger partial charge on any atom is -0.462 e. The highest BCUT2D eigenvalue weighted by atomic mass is 16.6. The van der Waals surface area contributed by atoms with Crippen LogP contribution in [0.15, 0.2) is 0 Å². The van der Waals surface area contributed by atoms with Gasteiger partial charge in [-0.1, -0.05) is 175 Å². The van der Waals surface area contributed by atoms with E-state index in [9.17, 15) is 14.4 Å². The first kappa shape index (κ1) is 43.4. The van der Waals surface area contributed by atoms with Crippen molar-refractivity contribution in [2.24, 2.45) is 0 Å². The van der Waals surface area contributed by atoms with Gasteiger partial charge in [-0.25, -0.2) is 0 Å². The summed E-state index contributed by atoms with van der Waals surface area (Å²) in [4.78, 5) is 37.3. The van der Waals surface area contributed by atoms with Crippen LogP contribution in [-0.4, -0.2) is 37.2 Å². The second kappa shape index (κ2) is 35.3. The number of hydrogen-bond donors (Lipinski definition) is 0. The van der Waals surface area contributed by atoms with Gasteiger partial charge in [-0.3, -0.25) is 14.4 Å². The van der Waals surface area contributed by atoms with Crippen LogP contribution in [0.2, 0.25) is 0 Å². The quantitative estimate of drug-likeness (QED) is 0.0390. The maximum Gasteiger partial charge on any atom is 0.306 e. The zero-order chi connectivity index (χ0) is 33.1. The third kappa shape index (κ3) is 33.6. The molecule has 0 N–H and O–H groups in total. The van der Waals surface area contributed by atoms with E-state index in [1.54, 1.807) is 0 Å². The Morgan fingerprint density at radius 2 is 0.600 bits per heavy atom. The van der Waals surface area contributed by atoms with E-state index in [4.69, 9.17) is 14.2 Å². The van der Waals surface area contributed by atoms with Crippen LogP contribution in [0, 0.1) is 0 Å². The fourth-order valence-electron chi connectivity index (χ4n) is 5.62. The van der Waals surface area contributed by atoms with Gasteiger partial charge >= 0.3 is 17.9 Å². The van der Waals surface area contributed by atoms with Crippen molar-refractivity contribution in [2.75, 3.05) is 13.2 Å². The van der Waals surface area contributed by atoms with Crippen molar-refractivity contribution >= 4 is 17.9 Å². The molecule has 0 rings (SSSR count). The Kier molecular flexibility index (Phi) is 34.0. The van der Waals surface area contributed by atoms with Gasteiger partial charge in [0.1, 0.15) is 13.2 Å². The number of carbonyl (C=O) groups is 3. The van der Waals surface area contributed by atoms with Gasteiger partial charge in [0.25, 0.3) is 0 Å². The molecule has 0 aromatic rings. The van der Waals surface area contributed by atoms with Gasteiger partial charge in [0.2, 0.25) is 0 Å². The van der Waals surface area contributed by atoms with Crippen molar-refractivity contribution in [1.29, 1.82) is 0 Å². The van der Waals surface area contributed by atoms with E-state index in [0.29, 0.717) is 19.3 Å². The fraction of sp³-hybridized carbons (Fsp3) is 0.923. The Bertz CT molecular complexity index is 664. The van der Waals surface area contributed by atoms with Crippen LogP contribution in [0.3, 0.4) is 0 Å². The van der Waals surface area contributed by atoms with Gasteiger partial charge in [-0.15, -0.1) is 0 Å². The first-order valence-corrected chi connectivity index (χ1v) is 19.5. The number of esters is 3. The Balaban J connectivity index is 4.31. The molecule has 0 aliphatic carbocycles. The third-order valence-corrected chi connectivity index (χ3v) is 8.61. The Hall–Kier alpha value is -1.59. The lowest BCUT2D eigenvalue weighted by atomic mass is 10.1. The molecule has 6 nitrogen and oxygen atoms in total. The van der Waals surface area contributed by atoms with Crippen LogP contribution in [-0.2, 0) is 28.6 Å². The molecular weight excluding hydrogens is 564 g/mol. The van der Waals surface area contributed by atoms with E-state index < -0.39 is 6.10 Å². The molecule has 266 valence electrons. The summed E-state index contributed by atoms with van der Waals surface area (Å²) in [6, 6.07) is 0. The summed E-state index contributed by atoms with van der Waals surface area (Å²) in [7, 11) is 0. The second-order valence-electron chi connectivity index (χ2n) is 13.2. The van der Waals surface area contributed by atoms with Crippen molar-refractivity contribution in [3.63, 3.8) is 0 Å². The van der Waals surface area contributed by atoms with Gasteiger partial charge in [0, 0.05) is 19.3 Å². The summed E-state index contributed by atoms with van der Waals surface area (Å²) >= 11 is 0. The molecule has 0 spiro atoms. The average molecular weight is 639 g/mol. The summed E-state index contributed by atoms with van der Waals surface area (Å²) in [6.07, 6.45) is 32.4. The lowest BCUT2D eigenvalue weighted by Gasteiger charge is -2.18. The third-order valence-electron chi connectivity index (χ3n) is 8.61. The van der Waals surface area contributed by atoms with Gasteiger partial charge in [-0.2, -0.15) is 0 Å². The zero-order valence-electron chi connectivity index (χ0n) is 30.2. The summed E-state index contributed by atoms with van der Waals surface area (Å²) in [5.74, 6) is -0.872. The maximum atomic E-state index is 12.6. The second-order valence-corrected chi connectivity index (χ2v) is 13.2. The molecule has 45 heavy (non-hydrogen) atoms. The molecule has 0 aliphatic heterocycles. The Morgan fingerprint density at radius 1 is 0.356 bits per heavy atom. The van der Waals surface area contributed by atoms with Crippen LogP contribution in [0.1, 0.15) is 213 Å². The smallest absolute Gasteiger partial charge is 0.306 e. The summed E-state index contributed by atoms with van der Waals surface area (Å²) in [5.41, 5.74) is 0. The average Bonchev–Trinajstić information content (AvgIpc) is 3.03. The van der Waals surface area contributed by atoms with Crippen molar-refractivity contribution in [2.45, 2.75) is 219 Å². The molecule has 0 aliphatic rings. The number of hydrogen-bond acceptors (Lipinski definition) is 6. The SMILES string of the molecule is CCCCCCCCCCCCCC(=O)OC[C@H](COC(=O)CCCCCCCCC)OC(=O)CCCCCCCCCCC. The van der Waals surface area contributed by atoms with Gasteiger partial charge in [-0.05, 0) is 19.3 Å². The van der Waals surface area contributed by atoms with E-state index in [1.807, 2.05) is 0 Å². The summed E-state index contributed by atoms with van der Waals surface area (Å²) in [5, 5.41) is 0. The molecule has 0 amide bonds. The molecule has 0 bridgehead atoms. The van der Waals surface area contributed by atoms with E-state index in [0.717, 1.165) is 57.8 Å². The standard InChI is InChI=1S/C39H74O6/c1-4-7-10-13-16-18-19-21-23-26-29-32-38(41)44-35-36(34-43-37(40)31-28-25-22-15-12-9-6-3)45-39(42)33-30-27-24-20-17-14-11-8-5-2/h36H,4-35H2,1-3H3/t36-/m0/s1. The van der Waals surface area contributed by atoms with Gasteiger partial charge < -0.3 is 14.2 Å². The molecule has 0 radical (unpaired) electrons. The highest BCUT2D eigenvalue weighted by Crippen LogP contribution is 2.14. The van der Waals surface area contributed by atoms with Crippen LogP contribution < -0.4 is 0 Å². The largest absolute Gasteiger partial charge is 0.462 e. The Morgan fingerprint density at radius 3 is 0.889 bits per heavy atom. The zero-order valence-corrected chi connectivity index (χ0v) is 30.2. The summed E-state index contributed by atoms with van der Waals surface area (Å²) < 4.78 is 16.5. The van der Waals surface area contributed by atoms with Crippen LogP contribution in [0.4, 0.5) is 0 Å². The summed E-state index contributed by atoms with van der Waals surface area (Å²) in [6.45, 7) is 6.56. The van der Waals surface area contributed by atoms with E-state index in [-0.39, 0.29) is 31.1 Å². The minimum atomic E-state index is -0.754. The van der Waals surface area contributed by atoms with E-state index in [1.165, 1.54) is 116 Å². The molecule has 6 heteroatoms. The molecule has 0 heterocycles. The normalized spacial score (nSPS) is 11.8. The monoisotopic (exact) mass is 639 g/mol. The molecule has 1 atom stereocenters. The molecular formula is C39H74O6. The van der Waals surface area contributed by atoms with Crippen molar-refractivity contribution in [3.05, 3.63) is 0 Å². The van der Waals surface area contributed by atoms with Crippen molar-refractivity contribution in [3.8, 4) is 0 Å². The molecule has 0 fully saturated rings. The lowest BCUT2D eigenvalue weighted by molar-refractivity contribution is -0.167. The Labute approximate surface area is 278 Å². The van der Waals surface area contributed by atoms with E-state index >= 15 is 0 Å². The fourth-order valence-corrected chi connectivity index (χ4v) is 5.62. The van der Waals surface area contributed by atoms with Gasteiger partial charge in [0.15, 0.2) is 6.10 Å². The molecule has 0 saturated carbocycles. The topological polar surface area (TPSA) is 78.9 Å². The van der Waals surface area contributed by atoms with E-state index in [2.05, 4.69) is 20.8 Å². The van der Waals surface area contributed by atoms with Crippen LogP contribution >= 0.6 is 0 Å². The molecule has 0 aromatic heterocycles. The number of unbranched alkanes of at least 4 members (excludes halogenated alkanes) is 24. The maximum absolute atomic E-state index is 12.6. The lowest BCUT2D eigenvalue weighted by Crippen LogP contribution is -2.30. The molecule has 0 aromatic carbocycles. The number of carbonyl (C=O) groups excluding carboxylic acids is 3. The minimum absolute atomic E-state index is 0.0644. The number of ether oxygens (including phenoxy) is 3. The first-order valence-electron chi connectivity index (χ1n) is 19.5. The predicted molar refractivity (Wildman–Crippen MR) is 187 cm³/mol. The number of rotatable bonds is 35. The highest BCUT2D eigenvalue weighted by Gasteiger charge is 2.19. The molecule has 0 saturated heterocycles. The van der Waals surface area contributed by atoms with Crippen LogP contribution in [0.5, 0.6) is 0 Å².